The van der Waals surface area contributed by atoms with Crippen LogP contribution in [0.2, 0.25) is 0 Å². The number of H-pyrrole nitrogens is 1. The SMILES string of the molecule is CC(C)Cn1c(=O)n(C)c(=O)c2c(-c3cccc(-c4nn[nH]n4)c3)n(Cc3cccc4ccccc34)nc21. The van der Waals surface area contributed by atoms with Crippen molar-refractivity contribution in [1.29, 1.82) is 0 Å². The molecule has 0 spiro atoms. The van der Waals surface area contributed by atoms with Gasteiger partial charge < -0.3 is 0 Å². The van der Waals surface area contributed by atoms with Crippen molar-refractivity contribution >= 4 is 21.8 Å². The van der Waals surface area contributed by atoms with E-state index in [1.165, 1.54) is 11.6 Å². The molecule has 6 aromatic rings. The molecule has 0 amide bonds. The minimum Gasteiger partial charge on any atom is -0.276 e. The molecule has 3 aromatic carbocycles. The molecule has 3 heterocycles. The van der Waals surface area contributed by atoms with Gasteiger partial charge in [0.05, 0.1) is 12.2 Å². The second kappa shape index (κ2) is 9.22. The zero-order valence-electron chi connectivity index (χ0n) is 21.3. The molecule has 38 heavy (non-hydrogen) atoms. The number of benzene rings is 3. The number of fused-ring (bicyclic) bond motifs is 2. The van der Waals surface area contributed by atoms with Crippen LogP contribution >= 0.6 is 0 Å². The summed E-state index contributed by atoms with van der Waals surface area (Å²) in [7, 11) is 1.52. The summed E-state index contributed by atoms with van der Waals surface area (Å²) in [6.45, 7) is 4.92. The smallest absolute Gasteiger partial charge is 0.276 e. The predicted molar refractivity (Wildman–Crippen MR) is 146 cm³/mol. The molecule has 190 valence electrons. The standard InChI is InChI=1S/C28H26N8O2/c1-17(2)15-35-26-23(27(37)34(3)28(35)38)24(19-10-7-11-20(14-19)25-29-32-33-30-25)36(31-26)16-21-12-6-9-18-8-4-5-13-22(18)21/h4-14,17H,15-16H2,1-3H3,(H,29,30,32,33). The number of nitrogens with one attached hydrogen (secondary N) is 1. The van der Waals surface area contributed by atoms with Crippen LogP contribution in [0.1, 0.15) is 19.4 Å². The van der Waals surface area contributed by atoms with E-state index in [9.17, 15) is 9.59 Å². The van der Waals surface area contributed by atoms with E-state index >= 15 is 0 Å². The van der Waals surface area contributed by atoms with Gasteiger partial charge in [-0.2, -0.15) is 10.3 Å². The van der Waals surface area contributed by atoms with Crippen LogP contribution in [-0.4, -0.2) is 39.5 Å². The quantitative estimate of drug-likeness (QED) is 0.369. The Bertz CT molecular complexity index is 1910. The van der Waals surface area contributed by atoms with Crippen molar-refractivity contribution in [2.45, 2.75) is 26.9 Å². The number of aromatic amines is 1. The van der Waals surface area contributed by atoms with Crippen molar-refractivity contribution in [2.75, 3.05) is 0 Å². The zero-order chi connectivity index (χ0) is 26.4. The third-order valence-electron chi connectivity index (χ3n) is 6.71. The van der Waals surface area contributed by atoms with Crippen molar-refractivity contribution in [3.05, 3.63) is 93.1 Å². The van der Waals surface area contributed by atoms with Crippen LogP contribution in [0.25, 0.3) is 44.5 Å². The maximum atomic E-state index is 13.6. The van der Waals surface area contributed by atoms with Crippen molar-refractivity contribution in [3.63, 3.8) is 0 Å². The van der Waals surface area contributed by atoms with Crippen LogP contribution in [0.5, 0.6) is 0 Å². The monoisotopic (exact) mass is 506 g/mol. The summed E-state index contributed by atoms with van der Waals surface area (Å²) in [6, 6.07) is 21.9. The highest BCUT2D eigenvalue weighted by Gasteiger charge is 2.23. The fraction of sp³-hybridized carbons (Fsp3) is 0.214. The van der Waals surface area contributed by atoms with Crippen LogP contribution in [0.3, 0.4) is 0 Å². The predicted octanol–water partition coefficient (Wildman–Crippen LogP) is 3.60. The highest BCUT2D eigenvalue weighted by Crippen LogP contribution is 2.31. The molecule has 10 heteroatoms. The Morgan fingerprint density at radius 3 is 2.50 bits per heavy atom. The normalized spacial score (nSPS) is 11.7. The third kappa shape index (κ3) is 3.90. The summed E-state index contributed by atoms with van der Waals surface area (Å²) in [5.41, 5.74) is 2.83. The summed E-state index contributed by atoms with van der Waals surface area (Å²) < 4.78 is 4.61. The number of hydrogen-bond acceptors (Lipinski definition) is 6. The molecule has 6 rings (SSSR count). The van der Waals surface area contributed by atoms with Gasteiger partial charge in [0, 0.05) is 24.7 Å². The summed E-state index contributed by atoms with van der Waals surface area (Å²) in [4.78, 5) is 26.8. The van der Waals surface area contributed by atoms with Gasteiger partial charge in [-0.3, -0.25) is 18.6 Å². The lowest BCUT2D eigenvalue weighted by Gasteiger charge is -2.11. The first-order valence-electron chi connectivity index (χ1n) is 12.4. The lowest BCUT2D eigenvalue weighted by Crippen LogP contribution is -2.38. The van der Waals surface area contributed by atoms with E-state index in [1.807, 2.05) is 61.0 Å². The summed E-state index contributed by atoms with van der Waals surface area (Å²) >= 11 is 0. The van der Waals surface area contributed by atoms with E-state index in [0.717, 1.165) is 27.5 Å². The number of rotatable bonds is 6. The van der Waals surface area contributed by atoms with Gasteiger partial charge in [-0.05, 0) is 33.5 Å². The van der Waals surface area contributed by atoms with E-state index in [-0.39, 0.29) is 17.2 Å². The van der Waals surface area contributed by atoms with Gasteiger partial charge in [0.1, 0.15) is 5.39 Å². The topological polar surface area (TPSA) is 116 Å². The third-order valence-corrected chi connectivity index (χ3v) is 6.71. The van der Waals surface area contributed by atoms with Gasteiger partial charge in [0.25, 0.3) is 5.56 Å². The molecule has 0 radical (unpaired) electrons. The molecular formula is C28H26N8O2. The van der Waals surface area contributed by atoms with E-state index in [0.29, 0.717) is 35.6 Å². The Morgan fingerprint density at radius 2 is 1.71 bits per heavy atom. The lowest BCUT2D eigenvalue weighted by molar-refractivity contribution is 0.498. The first kappa shape index (κ1) is 23.5. The van der Waals surface area contributed by atoms with Crippen molar-refractivity contribution in [2.24, 2.45) is 13.0 Å². The molecule has 0 saturated heterocycles. The van der Waals surface area contributed by atoms with E-state index in [4.69, 9.17) is 5.10 Å². The number of aromatic nitrogens is 8. The van der Waals surface area contributed by atoms with Crippen LogP contribution in [0, 0.1) is 5.92 Å². The van der Waals surface area contributed by atoms with Crippen LogP contribution in [0.4, 0.5) is 0 Å². The van der Waals surface area contributed by atoms with Gasteiger partial charge >= 0.3 is 5.69 Å². The fourth-order valence-corrected chi connectivity index (χ4v) is 4.98. The molecule has 1 N–H and O–H groups in total. The fourth-order valence-electron chi connectivity index (χ4n) is 4.98. The van der Waals surface area contributed by atoms with Gasteiger partial charge in [-0.15, -0.1) is 10.2 Å². The van der Waals surface area contributed by atoms with Crippen LogP contribution < -0.4 is 11.2 Å². The average molecular weight is 507 g/mol. The Kier molecular flexibility index (Phi) is 5.71. The van der Waals surface area contributed by atoms with Crippen molar-refractivity contribution in [3.8, 4) is 22.6 Å². The number of hydrogen-bond donors (Lipinski definition) is 1. The molecule has 3 aromatic heterocycles. The van der Waals surface area contributed by atoms with Crippen molar-refractivity contribution < 1.29 is 0 Å². The second-order valence-electron chi connectivity index (χ2n) is 9.81. The number of tetrazole rings is 1. The van der Waals surface area contributed by atoms with E-state index < -0.39 is 0 Å². The highest BCUT2D eigenvalue weighted by atomic mass is 16.2. The molecule has 10 nitrogen and oxygen atoms in total. The molecule has 0 atom stereocenters. The molecular weight excluding hydrogens is 480 g/mol. The van der Waals surface area contributed by atoms with Crippen molar-refractivity contribution in [1.82, 2.24) is 39.5 Å². The average Bonchev–Trinajstić information content (AvgIpc) is 3.59. The number of nitrogens with zero attached hydrogens (tertiary/aromatic N) is 7. The minimum absolute atomic E-state index is 0.182. The molecule has 0 aliphatic heterocycles. The summed E-state index contributed by atoms with van der Waals surface area (Å²) in [6.07, 6.45) is 0. The molecule has 0 aliphatic rings. The molecule has 0 bridgehead atoms. The first-order chi connectivity index (χ1) is 18.4. The maximum absolute atomic E-state index is 13.6. The Morgan fingerprint density at radius 1 is 0.947 bits per heavy atom. The minimum atomic E-state index is -0.380. The zero-order valence-corrected chi connectivity index (χ0v) is 21.3. The Labute approximate surface area is 217 Å². The van der Waals surface area contributed by atoms with Gasteiger partial charge in [0.2, 0.25) is 5.82 Å². The molecule has 0 saturated carbocycles. The van der Waals surface area contributed by atoms with Gasteiger partial charge in [-0.1, -0.05) is 74.5 Å². The first-order valence-corrected chi connectivity index (χ1v) is 12.4. The summed E-state index contributed by atoms with van der Waals surface area (Å²) in [5.74, 6) is 0.627. The summed E-state index contributed by atoms with van der Waals surface area (Å²) in [5, 5.41) is 21.9. The van der Waals surface area contributed by atoms with Gasteiger partial charge in [0.15, 0.2) is 5.65 Å². The maximum Gasteiger partial charge on any atom is 0.332 e. The highest BCUT2D eigenvalue weighted by molar-refractivity contribution is 5.92. The van der Waals surface area contributed by atoms with Gasteiger partial charge in [-0.25, -0.2) is 4.79 Å². The molecule has 0 unspecified atom stereocenters. The Hall–Kier alpha value is -4.86. The largest absolute Gasteiger partial charge is 0.332 e. The van der Waals surface area contributed by atoms with Crippen LogP contribution in [0.15, 0.2) is 76.3 Å². The van der Waals surface area contributed by atoms with Crippen LogP contribution in [-0.2, 0) is 20.1 Å². The van der Waals surface area contributed by atoms with E-state index in [2.05, 4.69) is 44.9 Å². The Balaban J connectivity index is 1.66. The van der Waals surface area contributed by atoms with E-state index in [1.54, 1.807) is 4.57 Å². The lowest BCUT2D eigenvalue weighted by atomic mass is 10.0. The molecule has 0 fully saturated rings. The molecule has 0 aliphatic carbocycles. The second-order valence-corrected chi connectivity index (χ2v) is 9.81.